The minimum atomic E-state index is 0.636. The third kappa shape index (κ3) is 5.14. The van der Waals surface area contributed by atoms with Gasteiger partial charge in [-0.2, -0.15) is 0 Å². The summed E-state index contributed by atoms with van der Waals surface area (Å²) >= 11 is 0. The van der Waals surface area contributed by atoms with Gasteiger partial charge in [0, 0.05) is 0 Å². The molecule has 1 saturated heterocycles. The number of likely N-dealkylation sites (tertiary alicyclic amines) is 1. The van der Waals surface area contributed by atoms with E-state index in [4.69, 9.17) is 9.47 Å². The molecule has 1 N–H and O–H groups in total. The number of nitrogens with one attached hydrogen (secondary N) is 1. The Hall–Kier alpha value is -1.06. The largest absolute Gasteiger partial charge is 0.491 e. The van der Waals surface area contributed by atoms with Crippen LogP contribution in [0.2, 0.25) is 0 Å². The Kier molecular flexibility index (Phi) is 6.34. The van der Waals surface area contributed by atoms with E-state index in [-0.39, 0.29) is 0 Å². The Balaban J connectivity index is 1.51. The van der Waals surface area contributed by atoms with Crippen molar-refractivity contribution in [2.75, 3.05) is 39.5 Å². The lowest BCUT2D eigenvalue weighted by atomic mass is 9.99. The van der Waals surface area contributed by atoms with Gasteiger partial charge in [0.1, 0.15) is 18.9 Å². The molecule has 1 heterocycles. The number of hydrogen-bond acceptors (Lipinski definition) is 2. The lowest BCUT2D eigenvalue weighted by Gasteiger charge is -2.27. The fraction of sp³-hybridized carbons (Fsp3) is 0.647. The van der Waals surface area contributed by atoms with Crippen LogP contribution in [0.1, 0.15) is 25.3 Å². The predicted octanol–water partition coefficient (Wildman–Crippen LogP) is 1.71. The summed E-state index contributed by atoms with van der Waals surface area (Å²) in [5, 5.41) is 0. The molecule has 0 unspecified atom stereocenters. The van der Waals surface area contributed by atoms with Crippen molar-refractivity contribution in [3.05, 3.63) is 29.8 Å². The standard InChI is InChI=1S/C17H27NO2/c1-15-7-9-18(10-8-15)11-12-19-13-14-20-17-6-4-3-5-16(17)2/h3-6,15H,7-14H2,1-2H3/p+1. The molecule has 20 heavy (non-hydrogen) atoms. The zero-order chi connectivity index (χ0) is 14.2. The van der Waals surface area contributed by atoms with E-state index in [2.05, 4.69) is 19.9 Å². The zero-order valence-corrected chi connectivity index (χ0v) is 12.9. The number of aryl methyl sites for hydroxylation is 1. The molecule has 0 bridgehead atoms. The highest BCUT2D eigenvalue weighted by Gasteiger charge is 2.17. The summed E-state index contributed by atoms with van der Waals surface area (Å²) in [5.74, 6) is 1.88. The highest BCUT2D eigenvalue weighted by molar-refractivity contribution is 5.31. The maximum Gasteiger partial charge on any atom is 0.122 e. The molecule has 0 atom stereocenters. The van der Waals surface area contributed by atoms with Crippen LogP contribution in [0.3, 0.4) is 0 Å². The Morgan fingerprint density at radius 3 is 2.60 bits per heavy atom. The topological polar surface area (TPSA) is 22.9 Å². The maximum atomic E-state index is 5.71. The summed E-state index contributed by atoms with van der Waals surface area (Å²) in [5.41, 5.74) is 1.18. The van der Waals surface area contributed by atoms with Crippen LogP contribution in [0.5, 0.6) is 5.75 Å². The van der Waals surface area contributed by atoms with Gasteiger partial charge in [-0.1, -0.05) is 25.1 Å². The molecule has 1 aromatic carbocycles. The molecular weight excluding hydrogens is 250 g/mol. The van der Waals surface area contributed by atoms with Gasteiger partial charge in [0.25, 0.3) is 0 Å². The van der Waals surface area contributed by atoms with E-state index in [0.717, 1.165) is 24.8 Å². The molecule has 1 aliphatic heterocycles. The summed E-state index contributed by atoms with van der Waals surface area (Å²) < 4.78 is 11.4. The van der Waals surface area contributed by atoms with Gasteiger partial charge in [0.15, 0.2) is 0 Å². The van der Waals surface area contributed by atoms with Crippen LogP contribution in [-0.4, -0.2) is 39.5 Å². The van der Waals surface area contributed by atoms with Crippen LogP contribution in [0.15, 0.2) is 24.3 Å². The maximum absolute atomic E-state index is 5.71. The Bertz CT molecular complexity index is 386. The van der Waals surface area contributed by atoms with Gasteiger partial charge in [-0.25, -0.2) is 0 Å². The molecule has 1 aliphatic rings. The molecule has 3 heteroatoms. The minimum Gasteiger partial charge on any atom is -0.491 e. The molecule has 0 aromatic heterocycles. The zero-order valence-electron chi connectivity index (χ0n) is 12.9. The minimum absolute atomic E-state index is 0.636. The van der Waals surface area contributed by atoms with Gasteiger partial charge in [0.2, 0.25) is 0 Å². The van der Waals surface area contributed by atoms with Gasteiger partial charge in [0.05, 0.1) is 26.3 Å². The van der Waals surface area contributed by atoms with Crippen LogP contribution in [0.25, 0.3) is 0 Å². The first-order valence-electron chi connectivity index (χ1n) is 7.85. The van der Waals surface area contributed by atoms with Gasteiger partial charge in [-0.05, 0) is 37.3 Å². The lowest BCUT2D eigenvalue weighted by molar-refractivity contribution is -0.906. The number of piperidine rings is 1. The van der Waals surface area contributed by atoms with E-state index in [1.54, 1.807) is 4.90 Å². The second-order valence-corrected chi connectivity index (χ2v) is 5.91. The molecule has 0 spiro atoms. The van der Waals surface area contributed by atoms with Crippen molar-refractivity contribution in [1.82, 2.24) is 0 Å². The van der Waals surface area contributed by atoms with Crippen LogP contribution in [0.4, 0.5) is 0 Å². The first kappa shape index (κ1) is 15.3. The second-order valence-electron chi connectivity index (χ2n) is 5.91. The van der Waals surface area contributed by atoms with Crippen LogP contribution in [0, 0.1) is 12.8 Å². The first-order chi connectivity index (χ1) is 9.75. The Morgan fingerprint density at radius 2 is 1.85 bits per heavy atom. The van der Waals surface area contributed by atoms with Gasteiger partial charge < -0.3 is 14.4 Å². The molecule has 0 aliphatic carbocycles. The van der Waals surface area contributed by atoms with E-state index in [1.165, 1.54) is 31.5 Å². The number of benzene rings is 1. The van der Waals surface area contributed by atoms with Crippen LogP contribution >= 0.6 is 0 Å². The number of hydrogen-bond donors (Lipinski definition) is 1. The molecule has 0 amide bonds. The summed E-state index contributed by atoms with van der Waals surface area (Å²) in [7, 11) is 0. The van der Waals surface area contributed by atoms with Crippen molar-refractivity contribution in [3.8, 4) is 5.75 Å². The van der Waals surface area contributed by atoms with E-state index < -0.39 is 0 Å². The predicted molar refractivity (Wildman–Crippen MR) is 81.5 cm³/mol. The molecule has 112 valence electrons. The van der Waals surface area contributed by atoms with E-state index in [9.17, 15) is 0 Å². The molecule has 3 nitrogen and oxygen atoms in total. The van der Waals surface area contributed by atoms with Crippen molar-refractivity contribution in [1.29, 1.82) is 0 Å². The van der Waals surface area contributed by atoms with Gasteiger partial charge >= 0.3 is 0 Å². The average molecular weight is 278 g/mol. The summed E-state index contributed by atoms with van der Waals surface area (Å²) in [4.78, 5) is 1.70. The molecule has 0 saturated carbocycles. The van der Waals surface area contributed by atoms with Crippen molar-refractivity contribution in [2.45, 2.75) is 26.7 Å². The summed E-state index contributed by atoms with van der Waals surface area (Å²) in [6, 6.07) is 8.11. The van der Waals surface area contributed by atoms with Crippen LogP contribution in [-0.2, 0) is 4.74 Å². The summed E-state index contributed by atoms with van der Waals surface area (Å²) in [6.45, 7) is 10.3. The van der Waals surface area contributed by atoms with Crippen molar-refractivity contribution in [3.63, 3.8) is 0 Å². The van der Waals surface area contributed by atoms with E-state index in [1.807, 2.05) is 18.2 Å². The summed E-state index contributed by atoms with van der Waals surface area (Å²) in [6.07, 6.45) is 2.73. The fourth-order valence-corrected chi connectivity index (χ4v) is 2.67. The highest BCUT2D eigenvalue weighted by Crippen LogP contribution is 2.15. The number of rotatable bonds is 7. The van der Waals surface area contributed by atoms with E-state index in [0.29, 0.717) is 13.2 Å². The Labute approximate surface area is 122 Å². The average Bonchev–Trinajstić information content (AvgIpc) is 2.46. The first-order valence-corrected chi connectivity index (χ1v) is 7.85. The van der Waals surface area contributed by atoms with Gasteiger partial charge in [-0.3, -0.25) is 0 Å². The van der Waals surface area contributed by atoms with E-state index >= 15 is 0 Å². The number of para-hydroxylation sites is 1. The number of ether oxygens (including phenoxy) is 2. The molecule has 1 fully saturated rings. The smallest absolute Gasteiger partial charge is 0.122 e. The third-order valence-corrected chi connectivity index (χ3v) is 4.16. The monoisotopic (exact) mass is 278 g/mol. The number of quaternary nitrogens is 1. The fourth-order valence-electron chi connectivity index (χ4n) is 2.67. The molecule has 2 rings (SSSR count). The quantitative estimate of drug-likeness (QED) is 0.767. The molecule has 0 radical (unpaired) electrons. The normalized spacial score (nSPS) is 22.7. The van der Waals surface area contributed by atoms with Crippen LogP contribution < -0.4 is 9.64 Å². The molecule has 1 aromatic rings. The Morgan fingerprint density at radius 1 is 1.10 bits per heavy atom. The highest BCUT2D eigenvalue weighted by atomic mass is 16.5. The van der Waals surface area contributed by atoms with Crippen molar-refractivity contribution >= 4 is 0 Å². The van der Waals surface area contributed by atoms with Crippen molar-refractivity contribution < 1.29 is 14.4 Å². The lowest BCUT2D eigenvalue weighted by Crippen LogP contribution is -3.13. The third-order valence-electron chi connectivity index (χ3n) is 4.16. The van der Waals surface area contributed by atoms with Gasteiger partial charge in [-0.15, -0.1) is 0 Å². The molecular formula is C17H28NO2+. The second kappa shape index (κ2) is 8.28. The van der Waals surface area contributed by atoms with Crippen molar-refractivity contribution in [2.24, 2.45) is 5.92 Å². The SMILES string of the molecule is Cc1ccccc1OCCOCC[NH+]1CCC(C)CC1.